The van der Waals surface area contributed by atoms with Crippen LogP contribution in [0, 0.1) is 0 Å². The molecule has 1 aliphatic rings. The van der Waals surface area contributed by atoms with E-state index in [0.29, 0.717) is 9.80 Å². The van der Waals surface area contributed by atoms with Crippen LogP contribution >= 0.6 is 31.9 Å². The number of nitrogens with one attached hydrogen (secondary N) is 1. The summed E-state index contributed by atoms with van der Waals surface area (Å²) in [6.07, 6.45) is -0.775. The highest BCUT2D eigenvalue weighted by atomic mass is 79.9. The van der Waals surface area contributed by atoms with Gasteiger partial charge in [-0.05, 0) is 47.0 Å². The van der Waals surface area contributed by atoms with Crippen molar-refractivity contribution in [2.45, 2.75) is 37.4 Å². The van der Waals surface area contributed by atoms with Crippen molar-refractivity contribution in [1.29, 1.82) is 0 Å². The summed E-state index contributed by atoms with van der Waals surface area (Å²) >= 11 is 6.54. The average molecular weight is 429 g/mol. The zero-order valence-electron chi connectivity index (χ0n) is 11.1. The van der Waals surface area contributed by atoms with Crippen LogP contribution in [0.25, 0.3) is 0 Å². The van der Waals surface area contributed by atoms with E-state index >= 15 is 0 Å². The van der Waals surface area contributed by atoms with Gasteiger partial charge in [0.15, 0.2) is 0 Å². The Balaban J connectivity index is 2.26. The number of hydrogen-bond donors (Lipinski definition) is 1. The van der Waals surface area contributed by atoms with E-state index in [1.165, 1.54) is 6.07 Å². The average Bonchev–Trinajstić information content (AvgIpc) is 2.87. The van der Waals surface area contributed by atoms with Crippen molar-refractivity contribution in [3.8, 4) is 0 Å². The molecule has 0 bridgehead atoms. The SMILES string of the molecule is O=C(NC1(CBr)CCCC1)c1cc(C(F)(F)F)ccc1Br. The molecule has 1 saturated carbocycles. The Labute approximate surface area is 137 Å². The van der Waals surface area contributed by atoms with E-state index in [-0.39, 0.29) is 11.1 Å². The highest BCUT2D eigenvalue weighted by Crippen LogP contribution is 2.34. The third-order valence-corrected chi connectivity index (χ3v) is 5.50. The maximum absolute atomic E-state index is 12.8. The molecule has 116 valence electrons. The minimum Gasteiger partial charge on any atom is -0.346 e. The molecule has 0 atom stereocenters. The first-order valence-electron chi connectivity index (χ1n) is 6.53. The van der Waals surface area contributed by atoms with Crippen molar-refractivity contribution in [2.24, 2.45) is 0 Å². The Kier molecular flexibility index (Phi) is 5.03. The Morgan fingerprint density at radius 2 is 1.90 bits per heavy atom. The second-order valence-electron chi connectivity index (χ2n) is 5.27. The largest absolute Gasteiger partial charge is 0.416 e. The summed E-state index contributed by atoms with van der Waals surface area (Å²) in [4.78, 5) is 12.3. The van der Waals surface area contributed by atoms with E-state index in [2.05, 4.69) is 37.2 Å². The number of carbonyl (C=O) groups excluding carboxylic acids is 1. The molecule has 1 aliphatic carbocycles. The minimum atomic E-state index is -4.46. The third kappa shape index (κ3) is 3.80. The van der Waals surface area contributed by atoms with Crippen molar-refractivity contribution < 1.29 is 18.0 Å². The molecule has 21 heavy (non-hydrogen) atoms. The lowest BCUT2D eigenvalue weighted by Gasteiger charge is -2.28. The number of alkyl halides is 4. The summed E-state index contributed by atoms with van der Waals surface area (Å²) in [5.41, 5.74) is -1.17. The topological polar surface area (TPSA) is 29.1 Å². The molecule has 0 aliphatic heterocycles. The highest BCUT2D eigenvalue weighted by molar-refractivity contribution is 9.10. The quantitative estimate of drug-likeness (QED) is 0.681. The van der Waals surface area contributed by atoms with Gasteiger partial charge in [-0.3, -0.25) is 4.79 Å². The van der Waals surface area contributed by atoms with Crippen LogP contribution in [0.3, 0.4) is 0 Å². The fraction of sp³-hybridized carbons (Fsp3) is 0.500. The molecular weight excluding hydrogens is 415 g/mol. The molecular formula is C14H14Br2F3NO. The Morgan fingerprint density at radius 3 is 2.43 bits per heavy atom. The normalized spacial score (nSPS) is 17.8. The maximum Gasteiger partial charge on any atom is 0.416 e. The van der Waals surface area contributed by atoms with Gasteiger partial charge in [-0.15, -0.1) is 0 Å². The second-order valence-corrected chi connectivity index (χ2v) is 6.68. The van der Waals surface area contributed by atoms with E-state index in [4.69, 9.17) is 0 Å². The van der Waals surface area contributed by atoms with Gasteiger partial charge in [0.2, 0.25) is 0 Å². The first-order valence-corrected chi connectivity index (χ1v) is 8.44. The van der Waals surface area contributed by atoms with Gasteiger partial charge in [-0.1, -0.05) is 28.8 Å². The lowest BCUT2D eigenvalue weighted by Crippen LogP contribution is -2.47. The number of halogens is 5. The summed E-state index contributed by atoms with van der Waals surface area (Å²) in [5.74, 6) is -0.477. The molecule has 2 rings (SSSR count). The summed E-state index contributed by atoms with van der Waals surface area (Å²) in [7, 11) is 0. The van der Waals surface area contributed by atoms with Gasteiger partial charge in [-0.2, -0.15) is 13.2 Å². The molecule has 1 amide bonds. The van der Waals surface area contributed by atoms with Gasteiger partial charge < -0.3 is 5.32 Å². The Morgan fingerprint density at radius 1 is 1.29 bits per heavy atom. The van der Waals surface area contributed by atoms with Crippen LogP contribution in [0.2, 0.25) is 0 Å². The zero-order valence-corrected chi connectivity index (χ0v) is 14.2. The fourth-order valence-corrected chi connectivity index (χ4v) is 3.66. The molecule has 0 saturated heterocycles. The number of benzene rings is 1. The Hall–Kier alpha value is -0.560. The summed E-state index contributed by atoms with van der Waals surface area (Å²) < 4.78 is 38.6. The molecule has 1 aromatic rings. The van der Waals surface area contributed by atoms with Crippen molar-refractivity contribution in [3.05, 3.63) is 33.8 Å². The minimum absolute atomic E-state index is 0.0112. The zero-order chi connectivity index (χ0) is 15.7. The number of rotatable bonds is 3. The van der Waals surface area contributed by atoms with Gasteiger partial charge in [0.1, 0.15) is 0 Å². The molecule has 0 unspecified atom stereocenters. The smallest absolute Gasteiger partial charge is 0.346 e. The van der Waals surface area contributed by atoms with E-state index in [1.807, 2.05) is 0 Å². The molecule has 2 nitrogen and oxygen atoms in total. The molecule has 0 aromatic heterocycles. The van der Waals surface area contributed by atoms with Crippen molar-refractivity contribution in [3.63, 3.8) is 0 Å². The molecule has 7 heteroatoms. The third-order valence-electron chi connectivity index (χ3n) is 3.73. The highest BCUT2D eigenvalue weighted by Gasteiger charge is 2.36. The van der Waals surface area contributed by atoms with Gasteiger partial charge in [0, 0.05) is 9.80 Å². The van der Waals surface area contributed by atoms with E-state index in [9.17, 15) is 18.0 Å². The van der Waals surface area contributed by atoms with E-state index < -0.39 is 17.6 Å². The molecule has 1 N–H and O–H groups in total. The maximum atomic E-state index is 12.8. The van der Waals surface area contributed by atoms with Crippen LogP contribution in [0.4, 0.5) is 13.2 Å². The van der Waals surface area contributed by atoms with Gasteiger partial charge in [0.05, 0.1) is 16.7 Å². The number of carbonyl (C=O) groups is 1. The monoisotopic (exact) mass is 427 g/mol. The molecule has 0 spiro atoms. The molecule has 1 fully saturated rings. The van der Waals surface area contributed by atoms with Crippen molar-refractivity contribution >= 4 is 37.8 Å². The molecule has 0 heterocycles. The van der Waals surface area contributed by atoms with Gasteiger partial charge in [0.25, 0.3) is 5.91 Å². The predicted octanol–water partition coefficient (Wildman–Crippen LogP) is 4.91. The van der Waals surface area contributed by atoms with E-state index in [1.54, 1.807) is 0 Å². The first-order chi connectivity index (χ1) is 9.77. The van der Waals surface area contributed by atoms with Crippen molar-refractivity contribution in [1.82, 2.24) is 5.32 Å². The van der Waals surface area contributed by atoms with Gasteiger partial charge >= 0.3 is 6.18 Å². The van der Waals surface area contributed by atoms with Crippen LogP contribution in [0.1, 0.15) is 41.6 Å². The number of hydrogen-bond acceptors (Lipinski definition) is 1. The lowest BCUT2D eigenvalue weighted by atomic mass is 9.99. The molecule has 1 aromatic carbocycles. The van der Waals surface area contributed by atoms with Crippen molar-refractivity contribution in [2.75, 3.05) is 5.33 Å². The molecule has 0 radical (unpaired) electrons. The summed E-state index contributed by atoms with van der Waals surface area (Å²) in [6, 6.07) is 3.10. The van der Waals surface area contributed by atoms with Gasteiger partial charge in [-0.25, -0.2) is 0 Å². The lowest BCUT2D eigenvalue weighted by molar-refractivity contribution is -0.137. The second kappa shape index (κ2) is 6.28. The van der Waals surface area contributed by atoms with Crippen LogP contribution < -0.4 is 5.32 Å². The Bertz CT molecular complexity index is 540. The fourth-order valence-electron chi connectivity index (χ4n) is 2.53. The predicted molar refractivity (Wildman–Crippen MR) is 81.6 cm³/mol. The van der Waals surface area contributed by atoms with Crippen LogP contribution in [0.5, 0.6) is 0 Å². The van der Waals surface area contributed by atoms with Crippen LogP contribution in [-0.4, -0.2) is 16.8 Å². The van der Waals surface area contributed by atoms with Crippen LogP contribution in [-0.2, 0) is 6.18 Å². The number of amides is 1. The standard InChI is InChI=1S/C14H14Br2F3NO/c15-8-13(5-1-2-6-13)20-12(21)10-7-9(14(17,18)19)3-4-11(10)16/h3-4,7H,1-2,5-6,8H2,(H,20,21). The van der Waals surface area contributed by atoms with Crippen LogP contribution in [0.15, 0.2) is 22.7 Å². The summed E-state index contributed by atoms with van der Waals surface area (Å²) in [6.45, 7) is 0. The summed E-state index contributed by atoms with van der Waals surface area (Å²) in [5, 5.41) is 3.49. The van der Waals surface area contributed by atoms with E-state index in [0.717, 1.165) is 37.8 Å². The first kappa shape index (κ1) is 16.8.